The zero-order chi connectivity index (χ0) is 19.8. The Morgan fingerprint density at radius 3 is 2.75 bits per heavy atom. The van der Waals surface area contributed by atoms with Crippen LogP contribution >= 0.6 is 11.6 Å². The van der Waals surface area contributed by atoms with Gasteiger partial charge in [-0.3, -0.25) is 9.89 Å². The summed E-state index contributed by atoms with van der Waals surface area (Å²) in [5, 5.41) is 8.37. The summed E-state index contributed by atoms with van der Waals surface area (Å²) in [4.78, 5) is 11.2. The number of hydrogen-bond donors (Lipinski definition) is 1. The number of benzene rings is 2. The monoisotopic (exact) mass is 394 g/mol. The molecule has 0 aliphatic heterocycles. The van der Waals surface area contributed by atoms with Crippen molar-refractivity contribution in [1.29, 1.82) is 0 Å². The molecule has 144 valence electrons. The maximum absolute atomic E-state index is 11.2. The largest absolute Gasteiger partial charge is 0.485 e. The first kappa shape index (κ1) is 18.8. The molecule has 4 rings (SSSR count). The normalized spacial score (nSPS) is 15.0. The molecule has 0 radical (unpaired) electrons. The van der Waals surface area contributed by atoms with Crippen LogP contribution in [0.3, 0.4) is 0 Å². The molecular formula is C23H23ClN2O2. The fraction of sp³-hybridized carbons (Fsp3) is 0.304. The summed E-state index contributed by atoms with van der Waals surface area (Å²) in [6, 6.07) is 12.3. The number of aromatic amines is 1. The molecule has 0 amide bonds. The molecule has 1 aliphatic carbocycles. The average Bonchev–Trinajstić information content (AvgIpc) is 3.06. The molecule has 0 saturated heterocycles. The van der Waals surface area contributed by atoms with Gasteiger partial charge < -0.3 is 4.74 Å². The number of allylic oxidation sites excluding steroid dienone is 2. The van der Waals surface area contributed by atoms with Crippen molar-refractivity contribution in [3.8, 4) is 5.75 Å². The lowest BCUT2D eigenvalue weighted by atomic mass is 9.87. The van der Waals surface area contributed by atoms with Gasteiger partial charge in [-0.05, 0) is 77.8 Å². The number of nitrogens with zero attached hydrogens (tertiary/aromatic N) is 1. The van der Waals surface area contributed by atoms with Crippen molar-refractivity contribution in [2.75, 3.05) is 0 Å². The highest BCUT2D eigenvalue weighted by molar-refractivity contribution is 6.34. The fourth-order valence-corrected chi connectivity index (χ4v) is 4.10. The van der Waals surface area contributed by atoms with Crippen molar-refractivity contribution in [3.05, 3.63) is 63.8 Å². The standard InChI is InChI=1S/C23H23ClN2O2/c1-13(2)22(16-6-9-21-20(11-16)23(24)26-25-21)28-18-7-8-19-14(3)17(12-27)5-4-15(19)10-18/h6-13,22H,4-5H2,1-3H3,(H,25,26). The van der Waals surface area contributed by atoms with E-state index in [9.17, 15) is 4.79 Å². The van der Waals surface area contributed by atoms with E-state index in [1.807, 2.05) is 25.1 Å². The molecule has 4 nitrogen and oxygen atoms in total. The van der Waals surface area contributed by atoms with E-state index in [4.69, 9.17) is 16.3 Å². The van der Waals surface area contributed by atoms with Gasteiger partial charge in [0, 0.05) is 5.39 Å². The molecule has 1 heterocycles. The number of hydrogen-bond acceptors (Lipinski definition) is 3. The summed E-state index contributed by atoms with van der Waals surface area (Å²) in [5.74, 6) is 1.13. The van der Waals surface area contributed by atoms with Gasteiger partial charge in [0.1, 0.15) is 18.1 Å². The maximum Gasteiger partial charge on any atom is 0.158 e. The number of carbonyl (C=O) groups is 1. The van der Waals surface area contributed by atoms with Crippen molar-refractivity contribution in [1.82, 2.24) is 10.2 Å². The van der Waals surface area contributed by atoms with E-state index < -0.39 is 0 Å². The van der Waals surface area contributed by atoms with Crippen LogP contribution < -0.4 is 4.74 Å². The van der Waals surface area contributed by atoms with Crippen LogP contribution in [0.5, 0.6) is 5.75 Å². The van der Waals surface area contributed by atoms with Gasteiger partial charge in [0.25, 0.3) is 0 Å². The van der Waals surface area contributed by atoms with E-state index in [1.54, 1.807) is 0 Å². The molecule has 1 aliphatic rings. The highest BCUT2D eigenvalue weighted by Crippen LogP contribution is 2.36. The van der Waals surface area contributed by atoms with Crippen LogP contribution in [0.4, 0.5) is 0 Å². The SMILES string of the molecule is CC1=C(C=O)CCc2cc(OC(c3ccc4[nH]nc(Cl)c4c3)C(C)C)ccc21. The van der Waals surface area contributed by atoms with Gasteiger partial charge in [-0.15, -0.1) is 0 Å². The second-order valence-corrected chi connectivity index (χ2v) is 8.05. The van der Waals surface area contributed by atoms with Gasteiger partial charge in [-0.1, -0.05) is 37.6 Å². The van der Waals surface area contributed by atoms with Crippen molar-refractivity contribution in [2.24, 2.45) is 5.92 Å². The summed E-state index contributed by atoms with van der Waals surface area (Å²) in [7, 11) is 0. The molecular weight excluding hydrogens is 372 g/mol. The number of H-pyrrole nitrogens is 1. The van der Waals surface area contributed by atoms with Crippen LogP contribution in [0, 0.1) is 5.92 Å². The Labute approximate surface area is 169 Å². The molecule has 5 heteroatoms. The number of aryl methyl sites for hydroxylation is 1. The van der Waals surface area contributed by atoms with Crippen LogP contribution in [0.25, 0.3) is 16.5 Å². The Bertz CT molecular complexity index is 1080. The minimum absolute atomic E-state index is 0.0980. The van der Waals surface area contributed by atoms with Gasteiger partial charge in [-0.2, -0.15) is 5.10 Å². The molecule has 0 fully saturated rings. The Morgan fingerprint density at radius 1 is 1.18 bits per heavy atom. The average molecular weight is 395 g/mol. The number of fused-ring (bicyclic) bond motifs is 2. The lowest BCUT2D eigenvalue weighted by Crippen LogP contribution is -2.14. The minimum Gasteiger partial charge on any atom is -0.485 e. The number of aromatic nitrogens is 2. The Hall–Kier alpha value is -2.59. The van der Waals surface area contributed by atoms with Gasteiger partial charge in [0.05, 0.1) is 5.52 Å². The molecule has 1 N–H and O–H groups in total. The van der Waals surface area contributed by atoms with Crippen LogP contribution in [0.1, 0.15) is 50.0 Å². The van der Waals surface area contributed by atoms with Gasteiger partial charge in [0.2, 0.25) is 0 Å². The molecule has 28 heavy (non-hydrogen) atoms. The number of halogens is 1. The zero-order valence-electron chi connectivity index (χ0n) is 16.3. The number of carbonyl (C=O) groups excluding carboxylic acids is 1. The first-order chi connectivity index (χ1) is 13.5. The van der Waals surface area contributed by atoms with Crippen LogP contribution in [-0.4, -0.2) is 16.5 Å². The lowest BCUT2D eigenvalue weighted by Gasteiger charge is -2.25. The highest BCUT2D eigenvalue weighted by atomic mass is 35.5. The second-order valence-electron chi connectivity index (χ2n) is 7.69. The van der Waals surface area contributed by atoms with E-state index in [-0.39, 0.29) is 12.0 Å². The second kappa shape index (κ2) is 7.44. The third-order valence-electron chi connectivity index (χ3n) is 5.51. The molecule has 1 aromatic heterocycles. The molecule has 0 bridgehead atoms. The Kier molecular flexibility index (Phi) is 4.98. The summed E-state index contributed by atoms with van der Waals surface area (Å²) in [6.45, 7) is 6.31. The van der Waals surface area contributed by atoms with Crippen molar-refractivity contribution < 1.29 is 9.53 Å². The summed E-state index contributed by atoms with van der Waals surface area (Å²) in [5.41, 5.74) is 6.33. The summed E-state index contributed by atoms with van der Waals surface area (Å²) >= 11 is 6.19. The molecule has 1 atom stereocenters. The first-order valence-corrected chi connectivity index (χ1v) is 9.94. The topological polar surface area (TPSA) is 55.0 Å². The first-order valence-electron chi connectivity index (χ1n) is 9.56. The molecule has 0 saturated carbocycles. The number of nitrogens with one attached hydrogen (secondary N) is 1. The third-order valence-corrected chi connectivity index (χ3v) is 5.79. The van der Waals surface area contributed by atoms with Crippen molar-refractivity contribution >= 4 is 34.4 Å². The van der Waals surface area contributed by atoms with Crippen molar-refractivity contribution in [3.63, 3.8) is 0 Å². The number of ether oxygens (including phenoxy) is 1. The van der Waals surface area contributed by atoms with Gasteiger partial charge >= 0.3 is 0 Å². The summed E-state index contributed by atoms with van der Waals surface area (Å²) in [6.07, 6.45) is 2.53. The maximum atomic E-state index is 11.2. The molecule has 3 aromatic rings. The number of aldehydes is 1. The number of rotatable bonds is 5. The van der Waals surface area contributed by atoms with Gasteiger partial charge in [0.15, 0.2) is 5.15 Å². The van der Waals surface area contributed by atoms with Gasteiger partial charge in [-0.25, -0.2) is 0 Å². The summed E-state index contributed by atoms with van der Waals surface area (Å²) < 4.78 is 6.42. The predicted octanol–water partition coefficient (Wildman–Crippen LogP) is 5.91. The fourth-order valence-electron chi connectivity index (χ4n) is 3.91. The van der Waals surface area contributed by atoms with E-state index in [2.05, 4.69) is 42.2 Å². The Balaban J connectivity index is 1.66. The lowest BCUT2D eigenvalue weighted by molar-refractivity contribution is -0.105. The highest BCUT2D eigenvalue weighted by Gasteiger charge is 2.21. The quantitative estimate of drug-likeness (QED) is 0.547. The van der Waals surface area contributed by atoms with Crippen molar-refractivity contribution in [2.45, 2.75) is 39.7 Å². The zero-order valence-corrected chi connectivity index (χ0v) is 17.0. The van der Waals surface area contributed by atoms with Crippen LogP contribution in [0.15, 0.2) is 42.0 Å². The van der Waals surface area contributed by atoms with Crippen LogP contribution in [0.2, 0.25) is 5.15 Å². The smallest absolute Gasteiger partial charge is 0.158 e. The Morgan fingerprint density at radius 2 is 2.00 bits per heavy atom. The van der Waals surface area contributed by atoms with E-state index in [0.29, 0.717) is 5.15 Å². The van der Waals surface area contributed by atoms with E-state index in [0.717, 1.165) is 58.1 Å². The molecule has 1 unspecified atom stereocenters. The third kappa shape index (κ3) is 3.33. The molecule has 0 spiro atoms. The predicted molar refractivity (Wildman–Crippen MR) is 113 cm³/mol. The molecule has 2 aromatic carbocycles. The minimum atomic E-state index is -0.0980. The van der Waals surface area contributed by atoms with E-state index in [1.165, 1.54) is 5.56 Å². The van der Waals surface area contributed by atoms with Crippen LogP contribution in [-0.2, 0) is 11.2 Å². The van der Waals surface area contributed by atoms with E-state index >= 15 is 0 Å².